The van der Waals surface area contributed by atoms with E-state index in [-0.39, 0.29) is 24.0 Å². The largest absolute Gasteiger partial charge is 0.489 e. The maximum Gasteiger partial charge on any atom is 0.394 e. The van der Waals surface area contributed by atoms with Gasteiger partial charge in [0.1, 0.15) is 11.9 Å². The summed E-state index contributed by atoms with van der Waals surface area (Å²) in [6.45, 7) is 3.49. The van der Waals surface area contributed by atoms with E-state index < -0.39 is 36.2 Å². The molecule has 0 radical (unpaired) electrons. The fourth-order valence-electron chi connectivity index (χ4n) is 5.03. The molecule has 0 spiro atoms. The Morgan fingerprint density at radius 1 is 1.34 bits per heavy atom. The molecule has 2 aliphatic rings. The number of ether oxygens (including phenoxy) is 1. The number of carboxylic acid groups (broad SMARTS) is 1. The molecule has 32 heavy (non-hydrogen) atoms. The van der Waals surface area contributed by atoms with E-state index in [2.05, 4.69) is 0 Å². The summed E-state index contributed by atoms with van der Waals surface area (Å²) >= 11 is 0. The van der Waals surface area contributed by atoms with Crippen molar-refractivity contribution in [2.75, 3.05) is 0 Å². The minimum Gasteiger partial charge on any atom is -0.489 e. The van der Waals surface area contributed by atoms with E-state index in [9.17, 15) is 33.3 Å². The van der Waals surface area contributed by atoms with Crippen molar-refractivity contribution in [2.24, 2.45) is 17.8 Å². The van der Waals surface area contributed by atoms with Crippen LogP contribution < -0.4 is 4.74 Å². The van der Waals surface area contributed by atoms with Gasteiger partial charge < -0.3 is 20.1 Å². The molecule has 1 saturated carbocycles. The molecular weight excluding hydrogens is 425 g/mol. The summed E-state index contributed by atoms with van der Waals surface area (Å²) in [5, 5.41) is 30.2. The van der Waals surface area contributed by atoms with Gasteiger partial charge in [0.05, 0.1) is 23.7 Å². The van der Waals surface area contributed by atoms with Gasteiger partial charge in [-0.05, 0) is 37.8 Å². The van der Waals surface area contributed by atoms with E-state index in [1.54, 1.807) is 26.0 Å². The summed E-state index contributed by atoms with van der Waals surface area (Å²) in [7, 11) is 0. The minimum absolute atomic E-state index is 0.144. The number of fused-ring (bicyclic) bond motifs is 2. The molecule has 1 aromatic rings. The third-order valence-electron chi connectivity index (χ3n) is 6.86. The molecule has 8 heteroatoms. The van der Waals surface area contributed by atoms with Crippen LogP contribution in [0, 0.1) is 24.7 Å². The number of hydrogen-bond acceptors (Lipinski definition) is 4. The zero-order valence-electron chi connectivity index (χ0n) is 18.3. The molecule has 5 nitrogen and oxygen atoms in total. The van der Waals surface area contributed by atoms with Crippen LogP contribution in [-0.2, 0) is 6.42 Å². The first-order valence-electron chi connectivity index (χ1n) is 11.2. The average molecular weight is 457 g/mol. The summed E-state index contributed by atoms with van der Waals surface area (Å²) in [5.74, 6) is -2.94. The highest BCUT2D eigenvalue weighted by atomic mass is 19.4. The van der Waals surface area contributed by atoms with Gasteiger partial charge in [0.15, 0.2) is 0 Å². The van der Waals surface area contributed by atoms with Crippen molar-refractivity contribution in [3.63, 3.8) is 0 Å². The number of rotatable bonds is 7. The van der Waals surface area contributed by atoms with Crippen molar-refractivity contribution in [2.45, 2.75) is 76.9 Å². The van der Waals surface area contributed by atoms with Crippen LogP contribution in [0.3, 0.4) is 0 Å². The van der Waals surface area contributed by atoms with Gasteiger partial charge in [-0.25, -0.2) is 4.79 Å². The highest BCUT2D eigenvalue weighted by Gasteiger charge is 2.46. The second-order valence-corrected chi connectivity index (χ2v) is 8.94. The summed E-state index contributed by atoms with van der Waals surface area (Å²) in [5.41, 5.74) is 1.57. The van der Waals surface area contributed by atoms with Gasteiger partial charge in [-0.1, -0.05) is 38.0 Å². The maximum atomic E-state index is 13.4. The Morgan fingerprint density at radius 2 is 2.06 bits per heavy atom. The Morgan fingerprint density at radius 3 is 2.69 bits per heavy atom. The van der Waals surface area contributed by atoms with E-state index in [0.29, 0.717) is 43.4 Å². The third kappa shape index (κ3) is 5.12. The molecule has 1 fully saturated rings. The van der Waals surface area contributed by atoms with E-state index in [4.69, 9.17) is 4.74 Å². The number of aliphatic hydroxyl groups excluding tert-OH is 2. The van der Waals surface area contributed by atoms with Crippen LogP contribution >= 0.6 is 0 Å². The molecule has 3 rings (SSSR count). The second-order valence-electron chi connectivity index (χ2n) is 8.94. The number of unbranched alkanes of at least 4 members (excludes halogenated alkanes) is 1. The molecule has 1 heterocycles. The van der Waals surface area contributed by atoms with Crippen molar-refractivity contribution in [1.82, 2.24) is 0 Å². The van der Waals surface area contributed by atoms with E-state index >= 15 is 0 Å². The zero-order chi connectivity index (χ0) is 23.6. The Bertz CT molecular complexity index is 851. The zero-order valence-corrected chi connectivity index (χ0v) is 18.3. The van der Waals surface area contributed by atoms with Crippen LogP contribution in [0.4, 0.5) is 13.2 Å². The molecule has 6 atom stereocenters. The molecule has 0 aromatic heterocycles. The number of benzene rings is 1. The summed E-state index contributed by atoms with van der Waals surface area (Å²) in [4.78, 5) is 11.5. The molecule has 1 aliphatic carbocycles. The molecule has 3 N–H and O–H groups in total. The molecule has 0 amide bonds. The summed E-state index contributed by atoms with van der Waals surface area (Å²) in [6.07, 6.45) is -2.28. The number of aromatic carboxylic acids is 1. The van der Waals surface area contributed by atoms with Crippen LogP contribution in [-0.4, -0.2) is 45.8 Å². The first kappa shape index (κ1) is 24.6. The number of carbonyl (C=O) groups is 1. The molecular formula is C24H31F3O5. The number of halogens is 3. The standard InChI is InChI=1S/C24H31F3O5/c1-3-4-5-18(24(25,26)27)19(28)11-10-16-17-9-7-14-6-8-15(23(30)31)13(2)22(14)32-21(17)12-20(16)29/h6,8,10-11,16-21,28-29H,3-5,7,9,12H2,1-2H3,(H,30,31)/b11-10+/t16-,17-,18?,19?,20-,21+/m1/s1. The Hall–Kier alpha value is -2.06. The van der Waals surface area contributed by atoms with Crippen molar-refractivity contribution >= 4 is 5.97 Å². The third-order valence-corrected chi connectivity index (χ3v) is 6.86. The lowest BCUT2D eigenvalue weighted by atomic mass is 9.87. The minimum atomic E-state index is -4.50. The van der Waals surface area contributed by atoms with Gasteiger partial charge in [0.2, 0.25) is 0 Å². The number of aliphatic hydroxyl groups is 2. The predicted molar refractivity (Wildman–Crippen MR) is 113 cm³/mol. The second kappa shape index (κ2) is 9.83. The Balaban J connectivity index is 1.78. The first-order valence-corrected chi connectivity index (χ1v) is 11.2. The highest BCUT2D eigenvalue weighted by Crippen LogP contribution is 2.44. The highest BCUT2D eigenvalue weighted by molar-refractivity contribution is 5.90. The molecule has 1 aliphatic heterocycles. The average Bonchev–Trinajstić information content (AvgIpc) is 2.87. The van der Waals surface area contributed by atoms with E-state index in [1.165, 1.54) is 12.2 Å². The number of carboxylic acids is 1. The van der Waals surface area contributed by atoms with Gasteiger partial charge in [-0.15, -0.1) is 0 Å². The molecule has 178 valence electrons. The number of hydrogen-bond donors (Lipinski definition) is 3. The van der Waals surface area contributed by atoms with Crippen LogP contribution in [0.1, 0.15) is 60.5 Å². The first-order chi connectivity index (χ1) is 15.0. The molecule has 1 aromatic carbocycles. The summed E-state index contributed by atoms with van der Waals surface area (Å²) in [6, 6.07) is 3.29. The van der Waals surface area contributed by atoms with Crippen molar-refractivity contribution in [1.29, 1.82) is 0 Å². The fraction of sp³-hybridized carbons (Fsp3) is 0.625. The molecule has 2 unspecified atom stereocenters. The summed E-state index contributed by atoms with van der Waals surface area (Å²) < 4.78 is 46.3. The van der Waals surface area contributed by atoms with Gasteiger partial charge in [-0.2, -0.15) is 13.2 Å². The van der Waals surface area contributed by atoms with Crippen LogP contribution in [0.15, 0.2) is 24.3 Å². The lowest BCUT2D eigenvalue weighted by molar-refractivity contribution is -0.195. The normalized spacial score (nSPS) is 27.3. The van der Waals surface area contributed by atoms with E-state index in [1.807, 2.05) is 0 Å². The van der Waals surface area contributed by atoms with Crippen molar-refractivity contribution < 1.29 is 38.0 Å². The lowest BCUT2D eigenvalue weighted by Gasteiger charge is -2.25. The number of aryl methyl sites for hydroxylation is 1. The maximum absolute atomic E-state index is 13.4. The molecule has 0 saturated heterocycles. The Kier molecular flexibility index (Phi) is 7.55. The smallest absolute Gasteiger partial charge is 0.394 e. The van der Waals surface area contributed by atoms with Gasteiger partial charge in [0.25, 0.3) is 0 Å². The predicted octanol–water partition coefficient (Wildman–Crippen LogP) is 4.67. The SMILES string of the molecule is CCCCC(C(O)/C=C/[C@@H]1[C@H]2CCc3ccc(C(=O)O)c(C)c3O[C@H]2C[C@H]1O)C(F)(F)F. The van der Waals surface area contributed by atoms with Gasteiger partial charge in [-0.3, -0.25) is 0 Å². The lowest BCUT2D eigenvalue weighted by Crippen LogP contribution is -2.33. The van der Waals surface area contributed by atoms with Crippen LogP contribution in [0.5, 0.6) is 5.75 Å². The Labute approximate surface area is 185 Å². The van der Waals surface area contributed by atoms with Crippen LogP contribution in [0.25, 0.3) is 0 Å². The monoisotopic (exact) mass is 456 g/mol. The van der Waals surface area contributed by atoms with Crippen molar-refractivity contribution in [3.8, 4) is 5.75 Å². The number of alkyl halides is 3. The van der Waals surface area contributed by atoms with E-state index in [0.717, 1.165) is 5.56 Å². The van der Waals surface area contributed by atoms with Crippen molar-refractivity contribution in [3.05, 3.63) is 41.0 Å². The van der Waals surface area contributed by atoms with Gasteiger partial charge in [0, 0.05) is 23.8 Å². The quantitative estimate of drug-likeness (QED) is 0.519. The van der Waals surface area contributed by atoms with Crippen LogP contribution in [0.2, 0.25) is 0 Å². The fourth-order valence-corrected chi connectivity index (χ4v) is 5.03. The molecule has 0 bridgehead atoms. The van der Waals surface area contributed by atoms with Gasteiger partial charge >= 0.3 is 12.1 Å². The topological polar surface area (TPSA) is 87.0 Å².